The van der Waals surface area contributed by atoms with E-state index in [4.69, 9.17) is 5.11 Å². The van der Waals surface area contributed by atoms with Crippen LogP contribution in [0.2, 0.25) is 0 Å². The summed E-state index contributed by atoms with van der Waals surface area (Å²) in [5.41, 5.74) is 0.0968. The van der Waals surface area contributed by atoms with Gasteiger partial charge in [0.1, 0.15) is 5.01 Å². The highest BCUT2D eigenvalue weighted by atomic mass is 79.9. The Morgan fingerprint density at radius 3 is 2.61 bits per heavy atom. The first kappa shape index (κ1) is 13.5. The van der Waals surface area contributed by atoms with E-state index < -0.39 is 11.7 Å². The molecule has 7 heteroatoms. The molecule has 0 aliphatic carbocycles. The average molecular weight is 338 g/mol. The summed E-state index contributed by atoms with van der Waals surface area (Å²) in [6, 6.07) is 4.96. The second-order valence-electron chi connectivity index (χ2n) is 3.48. The third-order valence-corrected chi connectivity index (χ3v) is 4.11. The van der Waals surface area contributed by atoms with Crippen molar-refractivity contribution in [3.63, 3.8) is 0 Å². The van der Waals surface area contributed by atoms with Crippen LogP contribution in [0, 0.1) is 0 Å². The van der Waals surface area contributed by atoms with Crippen molar-refractivity contribution in [3.8, 4) is 10.6 Å². The number of hydrogen-bond acceptors (Lipinski definition) is 3. The molecule has 96 valence electrons. The van der Waals surface area contributed by atoms with Crippen molar-refractivity contribution in [2.24, 2.45) is 0 Å². The maximum atomic E-state index is 12.6. The molecule has 0 aliphatic rings. The zero-order valence-electron chi connectivity index (χ0n) is 8.83. The van der Waals surface area contributed by atoms with Crippen LogP contribution in [0.3, 0.4) is 0 Å². The fourth-order valence-electron chi connectivity index (χ4n) is 1.38. The Balaban J connectivity index is 2.44. The molecule has 1 aromatic carbocycles. The van der Waals surface area contributed by atoms with Crippen molar-refractivity contribution < 1.29 is 18.3 Å². The topological polar surface area (TPSA) is 33.1 Å². The smallest absolute Gasteiger partial charge is 0.390 e. The van der Waals surface area contributed by atoms with Crippen LogP contribution in [0.15, 0.2) is 28.1 Å². The van der Waals surface area contributed by atoms with E-state index in [1.54, 1.807) is 6.07 Å². The third-order valence-electron chi connectivity index (χ3n) is 2.24. The molecule has 0 saturated heterocycles. The number of hydrogen-bond donors (Lipinski definition) is 1. The highest BCUT2D eigenvalue weighted by Gasteiger charge is 2.30. The summed E-state index contributed by atoms with van der Waals surface area (Å²) in [7, 11) is 0. The lowest BCUT2D eigenvalue weighted by molar-refractivity contribution is -0.137. The standard InChI is InChI=1S/C11H7BrF3NOS/c12-9-8(5-17)16-10(18-9)6-2-1-3-7(4-6)11(13,14)15/h1-4,17H,5H2. The lowest BCUT2D eigenvalue weighted by Crippen LogP contribution is -2.04. The number of thiazole rings is 1. The predicted octanol–water partition coefficient (Wildman–Crippen LogP) is 4.08. The van der Waals surface area contributed by atoms with E-state index in [0.29, 0.717) is 20.1 Å². The van der Waals surface area contributed by atoms with Crippen molar-refractivity contribution in [2.45, 2.75) is 12.8 Å². The van der Waals surface area contributed by atoms with E-state index in [2.05, 4.69) is 20.9 Å². The van der Waals surface area contributed by atoms with Crippen molar-refractivity contribution >= 4 is 27.3 Å². The van der Waals surface area contributed by atoms with Gasteiger partial charge in [0.25, 0.3) is 0 Å². The van der Waals surface area contributed by atoms with Gasteiger partial charge < -0.3 is 5.11 Å². The van der Waals surface area contributed by atoms with E-state index in [-0.39, 0.29) is 6.61 Å². The Bertz CT molecular complexity index is 568. The summed E-state index contributed by atoms with van der Waals surface area (Å²) in [4.78, 5) is 4.08. The highest BCUT2D eigenvalue weighted by molar-refractivity contribution is 9.11. The molecule has 0 bridgehead atoms. The van der Waals surface area contributed by atoms with Crippen LogP contribution in [0.5, 0.6) is 0 Å². The van der Waals surface area contributed by atoms with Crippen molar-refractivity contribution in [1.82, 2.24) is 4.98 Å². The maximum absolute atomic E-state index is 12.6. The number of aliphatic hydroxyl groups excluding tert-OH is 1. The van der Waals surface area contributed by atoms with E-state index in [9.17, 15) is 13.2 Å². The SMILES string of the molecule is OCc1nc(-c2cccc(C(F)(F)F)c2)sc1Br. The van der Waals surface area contributed by atoms with Gasteiger partial charge in [0.15, 0.2) is 0 Å². The zero-order chi connectivity index (χ0) is 13.3. The summed E-state index contributed by atoms with van der Waals surface area (Å²) >= 11 is 4.40. The molecule has 0 unspecified atom stereocenters. The van der Waals surface area contributed by atoms with Crippen LogP contribution < -0.4 is 0 Å². The Morgan fingerprint density at radius 1 is 1.33 bits per heavy atom. The largest absolute Gasteiger partial charge is 0.416 e. The Morgan fingerprint density at radius 2 is 2.06 bits per heavy atom. The van der Waals surface area contributed by atoms with Gasteiger partial charge >= 0.3 is 6.18 Å². The summed E-state index contributed by atoms with van der Waals surface area (Å²) in [6.45, 7) is -0.254. The van der Waals surface area contributed by atoms with Gasteiger partial charge in [0.2, 0.25) is 0 Å². The number of benzene rings is 1. The molecular formula is C11H7BrF3NOS. The van der Waals surface area contributed by atoms with Crippen molar-refractivity contribution in [2.75, 3.05) is 0 Å². The fourth-order valence-corrected chi connectivity index (χ4v) is 2.86. The molecule has 0 saturated carbocycles. The van der Waals surface area contributed by atoms with Gasteiger partial charge in [-0.05, 0) is 28.1 Å². The maximum Gasteiger partial charge on any atom is 0.416 e. The van der Waals surface area contributed by atoms with Crippen LogP contribution in [-0.2, 0) is 12.8 Å². The van der Waals surface area contributed by atoms with Gasteiger partial charge in [-0.1, -0.05) is 12.1 Å². The lowest BCUT2D eigenvalue weighted by Gasteiger charge is -2.07. The van der Waals surface area contributed by atoms with Crippen LogP contribution in [0.25, 0.3) is 10.6 Å². The summed E-state index contributed by atoms with van der Waals surface area (Å²) in [6.07, 6.45) is -4.37. The first-order valence-corrected chi connectivity index (χ1v) is 6.46. The number of alkyl halides is 3. The molecule has 2 aromatic rings. The predicted molar refractivity (Wildman–Crippen MR) is 66.2 cm³/mol. The number of nitrogens with zero attached hydrogens (tertiary/aromatic N) is 1. The van der Waals surface area contributed by atoms with Gasteiger partial charge in [-0.25, -0.2) is 4.98 Å². The number of aromatic nitrogens is 1. The normalized spacial score (nSPS) is 11.8. The molecule has 0 radical (unpaired) electrons. The van der Waals surface area contributed by atoms with Gasteiger partial charge in [0.05, 0.1) is 21.7 Å². The third kappa shape index (κ3) is 2.73. The summed E-state index contributed by atoms with van der Waals surface area (Å²) in [5, 5.41) is 9.44. The Hall–Kier alpha value is -0.920. The first-order valence-electron chi connectivity index (χ1n) is 4.85. The van der Waals surface area contributed by atoms with E-state index >= 15 is 0 Å². The summed E-state index contributed by atoms with van der Waals surface area (Å²) in [5.74, 6) is 0. The highest BCUT2D eigenvalue weighted by Crippen LogP contribution is 2.35. The minimum Gasteiger partial charge on any atom is -0.390 e. The van der Waals surface area contributed by atoms with Crippen LogP contribution in [0.4, 0.5) is 13.2 Å². The lowest BCUT2D eigenvalue weighted by atomic mass is 10.1. The second-order valence-corrected chi connectivity index (χ2v) is 5.79. The Kier molecular flexibility index (Phi) is 3.74. The van der Waals surface area contributed by atoms with Gasteiger partial charge in [0, 0.05) is 5.56 Å². The van der Waals surface area contributed by atoms with Crippen molar-refractivity contribution in [3.05, 3.63) is 39.3 Å². The van der Waals surface area contributed by atoms with Crippen molar-refractivity contribution in [1.29, 1.82) is 0 Å². The first-order chi connectivity index (χ1) is 8.41. The van der Waals surface area contributed by atoms with E-state index in [1.165, 1.54) is 17.4 Å². The molecular weight excluding hydrogens is 331 g/mol. The molecule has 0 fully saturated rings. The molecule has 0 spiro atoms. The quantitative estimate of drug-likeness (QED) is 0.895. The molecule has 1 aromatic heterocycles. The van der Waals surface area contributed by atoms with Gasteiger partial charge in [-0.3, -0.25) is 0 Å². The second kappa shape index (κ2) is 4.99. The minimum atomic E-state index is -4.37. The van der Waals surface area contributed by atoms with Crippen LogP contribution in [-0.4, -0.2) is 10.1 Å². The average Bonchev–Trinajstić information content (AvgIpc) is 2.70. The molecule has 0 aliphatic heterocycles. The fraction of sp³-hybridized carbons (Fsp3) is 0.182. The van der Waals surface area contributed by atoms with Crippen LogP contribution >= 0.6 is 27.3 Å². The number of halogens is 4. The molecule has 2 rings (SSSR count). The van der Waals surface area contributed by atoms with Gasteiger partial charge in [-0.15, -0.1) is 11.3 Å². The van der Waals surface area contributed by atoms with E-state index in [1.807, 2.05) is 0 Å². The van der Waals surface area contributed by atoms with Gasteiger partial charge in [-0.2, -0.15) is 13.2 Å². The molecule has 1 heterocycles. The molecule has 1 N–H and O–H groups in total. The monoisotopic (exact) mass is 337 g/mol. The zero-order valence-corrected chi connectivity index (χ0v) is 11.2. The van der Waals surface area contributed by atoms with Crippen LogP contribution in [0.1, 0.15) is 11.3 Å². The summed E-state index contributed by atoms with van der Waals surface area (Å²) < 4.78 is 38.3. The molecule has 18 heavy (non-hydrogen) atoms. The van der Waals surface area contributed by atoms with E-state index in [0.717, 1.165) is 12.1 Å². The number of rotatable bonds is 2. The minimum absolute atomic E-state index is 0.254. The number of aliphatic hydroxyl groups is 1. The Labute approximate surface area is 113 Å². The molecule has 0 atom stereocenters. The molecule has 0 amide bonds. The molecule has 2 nitrogen and oxygen atoms in total.